The van der Waals surface area contributed by atoms with Gasteiger partial charge < -0.3 is 29.6 Å². The van der Waals surface area contributed by atoms with E-state index in [0.717, 1.165) is 11.3 Å². The van der Waals surface area contributed by atoms with Gasteiger partial charge in [-0.1, -0.05) is 6.07 Å². The number of β-lactam (4-membered cyclic amide) rings is 1. The summed E-state index contributed by atoms with van der Waals surface area (Å²) in [7, 11) is 3.16. The molecule has 0 spiro atoms. The van der Waals surface area contributed by atoms with Gasteiger partial charge in [0.1, 0.15) is 19.3 Å². The smallest absolute Gasteiger partial charge is 0.247 e. The van der Waals surface area contributed by atoms with Crippen LogP contribution in [0.3, 0.4) is 0 Å². The Balaban J connectivity index is 1.69. The zero-order chi connectivity index (χ0) is 18.3. The van der Waals surface area contributed by atoms with Crippen molar-refractivity contribution in [1.29, 1.82) is 0 Å². The average Bonchev–Trinajstić information content (AvgIpc) is 2.70. The first-order chi connectivity index (χ1) is 12.6. The van der Waals surface area contributed by atoms with Crippen LogP contribution in [0.1, 0.15) is 11.6 Å². The molecule has 1 saturated heterocycles. The van der Waals surface area contributed by atoms with Gasteiger partial charge in [-0.25, -0.2) is 0 Å². The van der Waals surface area contributed by atoms with Gasteiger partial charge in [0, 0.05) is 11.8 Å². The highest BCUT2D eigenvalue weighted by molar-refractivity contribution is 6.05. The first kappa shape index (κ1) is 16.5. The highest BCUT2D eigenvalue weighted by Gasteiger charge is 2.47. The Bertz CT molecular complexity index is 854. The van der Waals surface area contributed by atoms with Gasteiger partial charge in [-0.2, -0.15) is 0 Å². The predicted molar refractivity (Wildman–Crippen MR) is 95.2 cm³/mol. The van der Waals surface area contributed by atoms with Crippen molar-refractivity contribution in [2.24, 2.45) is 5.73 Å². The van der Waals surface area contributed by atoms with E-state index in [1.807, 2.05) is 36.4 Å². The number of fused-ring (bicyclic) bond motifs is 1. The van der Waals surface area contributed by atoms with Gasteiger partial charge in [0.2, 0.25) is 5.91 Å². The lowest BCUT2D eigenvalue weighted by Gasteiger charge is -2.45. The summed E-state index contributed by atoms with van der Waals surface area (Å²) in [5, 5.41) is 0. The molecule has 1 fully saturated rings. The van der Waals surface area contributed by atoms with Crippen LogP contribution >= 0.6 is 0 Å². The molecule has 0 radical (unpaired) electrons. The van der Waals surface area contributed by atoms with E-state index in [4.69, 9.17) is 24.7 Å². The molecule has 4 rings (SSSR count). The first-order valence-corrected chi connectivity index (χ1v) is 8.34. The van der Waals surface area contributed by atoms with Crippen LogP contribution in [-0.2, 0) is 4.79 Å². The Morgan fingerprint density at radius 2 is 1.73 bits per heavy atom. The lowest BCUT2D eigenvalue weighted by molar-refractivity contribution is -0.126. The van der Waals surface area contributed by atoms with E-state index in [2.05, 4.69) is 0 Å². The number of nitrogens with two attached hydrogens (primary N) is 1. The van der Waals surface area contributed by atoms with Gasteiger partial charge in [-0.3, -0.25) is 4.79 Å². The molecule has 0 unspecified atom stereocenters. The van der Waals surface area contributed by atoms with Crippen molar-refractivity contribution in [2.75, 3.05) is 32.3 Å². The van der Waals surface area contributed by atoms with E-state index < -0.39 is 6.04 Å². The van der Waals surface area contributed by atoms with E-state index in [1.165, 1.54) is 0 Å². The van der Waals surface area contributed by atoms with Gasteiger partial charge in [0.05, 0.1) is 20.3 Å². The molecule has 7 nitrogen and oxygen atoms in total. The molecule has 1 amide bonds. The van der Waals surface area contributed by atoms with Crippen molar-refractivity contribution in [1.82, 2.24) is 0 Å². The molecule has 0 saturated carbocycles. The number of hydrogen-bond donors (Lipinski definition) is 1. The Kier molecular flexibility index (Phi) is 4.08. The second-order valence-corrected chi connectivity index (χ2v) is 6.12. The number of benzene rings is 2. The molecule has 0 aliphatic carbocycles. The van der Waals surface area contributed by atoms with Crippen LogP contribution in [0, 0.1) is 0 Å². The summed E-state index contributed by atoms with van der Waals surface area (Å²) in [5.74, 6) is 2.40. The van der Waals surface area contributed by atoms with E-state index in [9.17, 15) is 4.79 Å². The zero-order valence-electron chi connectivity index (χ0n) is 14.6. The Morgan fingerprint density at radius 1 is 1.00 bits per heavy atom. The summed E-state index contributed by atoms with van der Waals surface area (Å²) in [5.41, 5.74) is 7.71. The third-order valence-corrected chi connectivity index (χ3v) is 4.69. The van der Waals surface area contributed by atoms with Crippen LogP contribution in [0.5, 0.6) is 23.0 Å². The fraction of sp³-hybridized carbons (Fsp3) is 0.316. The van der Waals surface area contributed by atoms with E-state index in [-0.39, 0.29) is 11.9 Å². The number of carbonyl (C=O) groups excluding carboxylic acids is 1. The van der Waals surface area contributed by atoms with Crippen molar-refractivity contribution < 1.29 is 23.7 Å². The summed E-state index contributed by atoms with van der Waals surface area (Å²) < 4.78 is 21.8. The Hall–Kier alpha value is -2.93. The fourth-order valence-electron chi connectivity index (χ4n) is 3.37. The summed E-state index contributed by atoms with van der Waals surface area (Å²) in [6.45, 7) is 1.01. The molecule has 2 aromatic carbocycles. The van der Waals surface area contributed by atoms with Gasteiger partial charge in [-0.15, -0.1) is 0 Å². The molecule has 0 bridgehead atoms. The number of carbonyl (C=O) groups is 1. The highest BCUT2D eigenvalue weighted by Crippen LogP contribution is 2.43. The third kappa shape index (κ3) is 2.52. The van der Waals surface area contributed by atoms with Crippen molar-refractivity contribution in [3.05, 3.63) is 42.0 Å². The molecule has 0 aromatic heterocycles. The second kappa shape index (κ2) is 6.42. The summed E-state index contributed by atoms with van der Waals surface area (Å²) in [6.07, 6.45) is 0. The summed E-state index contributed by atoms with van der Waals surface area (Å²) in [6, 6.07) is 10.1. The molecule has 2 aliphatic heterocycles. The van der Waals surface area contributed by atoms with E-state index in [1.54, 1.807) is 19.1 Å². The molecule has 2 atom stereocenters. The topological polar surface area (TPSA) is 83.3 Å². The van der Waals surface area contributed by atoms with Crippen molar-refractivity contribution in [3.8, 4) is 23.0 Å². The fourth-order valence-corrected chi connectivity index (χ4v) is 3.37. The van der Waals surface area contributed by atoms with Gasteiger partial charge in [-0.05, 0) is 29.8 Å². The first-order valence-electron chi connectivity index (χ1n) is 8.34. The largest absolute Gasteiger partial charge is 0.493 e. The van der Waals surface area contributed by atoms with Crippen LogP contribution in [-0.4, -0.2) is 39.4 Å². The predicted octanol–water partition coefficient (Wildman–Crippen LogP) is 1.89. The summed E-state index contributed by atoms with van der Waals surface area (Å²) >= 11 is 0. The maximum absolute atomic E-state index is 12.5. The lowest BCUT2D eigenvalue weighted by atomic mass is 9.88. The molecular weight excluding hydrogens is 336 g/mol. The second-order valence-electron chi connectivity index (χ2n) is 6.12. The standard InChI is InChI=1S/C19H20N2O5/c1-23-13-5-3-11(9-15(13)24-2)18-17(20)19(22)21(18)12-4-6-14-16(10-12)26-8-7-25-14/h3-6,9-10,17-18H,7-8,20H2,1-2H3/t17-,18+/m0/s1. The van der Waals surface area contributed by atoms with Crippen LogP contribution in [0.2, 0.25) is 0 Å². The molecule has 26 heavy (non-hydrogen) atoms. The SMILES string of the molecule is COc1ccc([C@@H]2[C@H](N)C(=O)N2c2ccc3c(c2)OCCO3)cc1OC. The normalized spacial score (nSPS) is 21.2. The molecule has 2 heterocycles. The minimum Gasteiger partial charge on any atom is -0.493 e. The monoisotopic (exact) mass is 356 g/mol. The van der Waals surface area contributed by atoms with Gasteiger partial charge in [0.25, 0.3) is 0 Å². The minimum atomic E-state index is -0.610. The Morgan fingerprint density at radius 3 is 2.46 bits per heavy atom. The summed E-state index contributed by atoms with van der Waals surface area (Å²) in [4.78, 5) is 14.1. The van der Waals surface area contributed by atoms with Crippen LogP contribution < -0.4 is 29.6 Å². The van der Waals surface area contributed by atoms with Gasteiger partial charge in [0.15, 0.2) is 23.0 Å². The van der Waals surface area contributed by atoms with Gasteiger partial charge >= 0.3 is 0 Å². The maximum Gasteiger partial charge on any atom is 0.247 e. The van der Waals surface area contributed by atoms with Crippen LogP contribution in [0.4, 0.5) is 5.69 Å². The molecular formula is C19H20N2O5. The van der Waals surface area contributed by atoms with E-state index in [0.29, 0.717) is 36.2 Å². The number of amides is 1. The van der Waals surface area contributed by atoms with Crippen molar-refractivity contribution in [2.45, 2.75) is 12.1 Å². The number of nitrogens with zero attached hydrogens (tertiary/aromatic N) is 1. The van der Waals surface area contributed by atoms with Crippen molar-refractivity contribution >= 4 is 11.6 Å². The third-order valence-electron chi connectivity index (χ3n) is 4.69. The molecule has 2 N–H and O–H groups in total. The molecule has 7 heteroatoms. The molecule has 2 aromatic rings. The number of ether oxygens (including phenoxy) is 4. The molecule has 2 aliphatic rings. The van der Waals surface area contributed by atoms with Crippen LogP contribution in [0.15, 0.2) is 36.4 Å². The average molecular weight is 356 g/mol. The number of hydrogen-bond acceptors (Lipinski definition) is 6. The van der Waals surface area contributed by atoms with E-state index >= 15 is 0 Å². The number of anilines is 1. The zero-order valence-corrected chi connectivity index (χ0v) is 14.6. The molecule has 136 valence electrons. The maximum atomic E-state index is 12.5. The lowest BCUT2D eigenvalue weighted by Crippen LogP contribution is -2.63. The Labute approximate surface area is 151 Å². The minimum absolute atomic E-state index is 0.138. The number of methoxy groups -OCH3 is 2. The quantitative estimate of drug-likeness (QED) is 0.843. The highest BCUT2D eigenvalue weighted by atomic mass is 16.6. The number of rotatable bonds is 4. The van der Waals surface area contributed by atoms with Crippen LogP contribution in [0.25, 0.3) is 0 Å². The van der Waals surface area contributed by atoms with Crippen molar-refractivity contribution in [3.63, 3.8) is 0 Å².